The van der Waals surface area contributed by atoms with E-state index in [4.69, 9.17) is 0 Å². The maximum atomic E-state index is 11.4. The number of ketones is 1. The highest BCUT2D eigenvalue weighted by molar-refractivity contribution is 9.10. The molecule has 0 amide bonds. The second kappa shape index (κ2) is 5.91. The van der Waals surface area contributed by atoms with Crippen LogP contribution >= 0.6 is 15.9 Å². The molecular weight excluding hydrogens is 242 g/mol. The predicted octanol–water partition coefficient (Wildman–Crippen LogP) is 3.15. The third-order valence-corrected chi connectivity index (χ3v) is 2.41. The summed E-state index contributed by atoms with van der Waals surface area (Å²) < 4.78 is 0.929. The van der Waals surface area contributed by atoms with Crippen molar-refractivity contribution in [3.8, 4) is 0 Å². The smallest absolute Gasteiger partial charge is 0.137 e. The molecule has 0 unspecified atom stereocenters. The zero-order valence-electron chi connectivity index (χ0n) is 8.29. The molecule has 1 aromatic rings. The number of Topliss-reactive ketones (excluding diaryl/α,β-unsaturated/α-hetero) is 1. The summed E-state index contributed by atoms with van der Waals surface area (Å²) in [5.41, 5.74) is 0.987. The molecular formula is C11H14BrNO. The fraction of sp³-hybridized carbons (Fsp3) is 0.455. The third kappa shape index (κ3) is 4.01. The number of aromatic nitrogens is 1. The standard InChI is InChI=1S/C11H14BrNO/c1-2-3-4-11(14)6-9-5-10(12)8-13-7-9/h5,7-8H,2-4,6H2,1H3. The van der Waals surface area contributed by atoms with Gasteiger partial charge in [-0.1, -0.05) is 13.3 Å². The lowest BCUT2D eigenvalue weighted by molar-refractivity contribution is -0.118. The van der Waals surface area contributed by atoms with Gasteiger partial charge in [0.1, 0.15) is 5.78 Å². The van der Waals surface area contributed by atoms with Crippen LogP contribution in [0, 0.1) is 0 Å². The first kappa shape index (κ1) is 11.4. The van der Waals surface area contributed by atoms with Gasteiger partial charge in [0.15, 0.2) is 0 Å². The number of pyridine rings is 1. The molecule has 2 nitrogen and oxygen atoms in total. The van der Waals surface area contributed by atoms with Crippen molar-refractivity contribution in [2.75, 3.05) is 0 Å². The Morgan fingerprint density at radius 3 is 2.93 bits per heavy atom. The fourth-order valence-electron chi connectivity index (χ4n) is 1.24. The zero-order valence-corrected chi connectivity index (χ0v) is 9.88. The lowest BCUT2D eigenvalue weighted by Crippen LogP contribution is -2.02. The van der Waals surface area contributed by atoms with Gasteiger partial charge in [0.2, 0.25) is 0 Å². The largest absolute Gasteiger partial charge is 0.299 e. The molecule has 0 saturated heterocycles. The van der Waals surface area contributed by atoms with Crippen molar-refractivity contribution >= 4 is 21.7 Å². The monoisotopic (exact) mass is 255 g/mol. The minimum absolute atomic E-state index is 0.298. The topological polar surface area (TPSA) is 30.0 Å². The van der Waals surface area contributed by atoms with Crippen molar-refractivity contribution in [1.82, 2.24) is 4.98 Å². The number of halogens is 1. The normalized spacial score (nSPS) is 10.1. The highest BCUT2D eigenvalue weighted by Crippen LogP contribution is 2.11. The maximum absolute atomic E-state index is 11.4. The number of hydrogen-bond donors (Lipinski definition) is 0. The number of hydrogen-bond acceptors (Lipinski definition) is 2. The van der Waals surface area contributed by atoms with E-state index in [0.717, 1.165) is 22.9 Å². The molecule has 0 bridgehead atoms. The van der Waals surface area contributed by atoms with Gasteiger partial charge < -0.3 is 0 Å². The minimum Gasteiger partial charge on any atom is -0.299 e. The summed E-state index contributed by atoms with van der Waals surface area (Å²) in [6.45, 7) is 2.09. The highest BCUT2D eigenvalue weighted by Gasteiger charge is 2.03. The molecule has 0 aromatic carbocycles. The molecule has 0 aliphatic rings. The van der Waals surface area contributed by atoms with Gasteiger partial charge in [-0.25, -0.2) is 0 Å². The Kier molecular flexibility index (Phi) is 4.80. The van der Waals surface area contributed by atoms with E-state index in [2.05, 4.69) is 27.8 Å². The number of carbonyl (C=O) groups is 1. The fourth-order valence-corrected chi connectivity index (χ4v) is 1.65. The molecule has 14 heavy (non-hydrogen) atoms. The summed E-state index contributed by atoms with van der Waals surface area (Å²) in [6.07, 6.45) is 6.72. The average Bonchev–Trinajstić information content (AvgIpc) is 2.15. The van der Waals surface area contributed by atoms with Crippen LogP contribution in [0.15, 0.2) is 22.9 Å². The molecule has 0 fully saturated rings. The van der Waals surface area contributed by atoms with E-state index < -0.39 is 0 Å². The van der Waals surface area contributed by atoms with Crippen LogP contribution in [0.3, 0.4) is 0 Å². The van der Waals surface area contributed by atoms with Gasteiger partial charge >= 0.3 is 0 Å². The summed E-state index contributed by atoms with van der Waals surface area (Å²) in [5, 5.41) is 0. The highest BCUT2D eigenvalue weighted by atomic mass is 79.9. The third-order valence-electron chi connectivity index (χ3n) is 1.97. The summed E-state index contributed by atoms with van der Waals surface area (Å²) in [6, 6.07) is 1.94. The summed E-state index contributed by atoms with van der Waals surface area (Å²) in [5.74, 6) is 0.298. The molecule has 0 atom stereocenters. The SMILES string of the molecule is CCCCC(=O)Cc1cncc(Br)c1. The number of rotatable bonds is 5. The Bertz CT molecular complexity index is 312. The molecule has 0 spiro atoms. The summed E-state index contributed by atoms with van der Waals surface area (Å²) in [7, 11) is 0. The first-order chi connectivity index (χ1) is 6.72. The predicted molar refractivity (Wildman–Crippen MR) is 60.2 cm³/mol. The van der Waals surface area contributed by atoms with Gasteiger partial charge in [-0.05, 0) is 34.0 Å². The average molecular weight is 256 g/mol. The van der Waals surface area contributed by atoms with Gasteiger partial charge in [0.05, 0.1) is 0 Å². The van der Waals surface area contributed by atoms with Crippen LogP contribution in [-0.2, 0) is 11.2 Å². The first-order valence-corrected chi connectivity index (χ1v) is 5.62. The molecule has 0 radical (unpaired) electrons. The lowest BCUT2D eigenvalue weighted by Gasteiger charge is -2.00. The van der Waals surface area contributed by atoms with Gasteiger partial charge in [0, 0.05) is 29.7 Å². The van der Waals surface area contributed by atoms with Crippen molar-refractivity contribution in [3.05, 3.63) is 28.5 Å². The Balaban J connectivity index is 2.47. The number of carbonyl (C=O) groups excluding carboxylic acids is 1. The minimum atomic E-state index is 0.298. The molecule has 1 aromatic heterocycles. The van der Waals surface area contributed by atoms with Crippen molar-refractivity contribution in [1.29, 1.82) is 0 Å². The van der Waals surface area contributed by atoms with Gasteiger partial charge in [0.25, 0.3) is 0 Å². The van der Waals surface area contributed by atoms with Crippen molar-refractivity contribution in [3.63, 3.8) is 0 Å². The molecule has 0 N–H and O–H groups in total. The van der Waals surface area contributed by atoms with E-state index in [-0.39, 0.29) is 0 Å². The van der Waals surface area contributed by atoms with E-state index in [0.29, 0.717) is 18.6 Å². The molecule has 0 saturated carbocycles. The van der Waals surface area contributed by atoms with Crippen LogP contribution in [-0.4, -0.2) is 10.8 Å². The Morgan fingerprint density at radius 2 is 2.29 bits per heavy atom. The van der Waals surface area contributed by atoms with Gasteiger partial charge in [-0.3, -0.25) is 9.78 Å². The Hall–Kier alpha value is -0.700. The second-order valence-electron chi connectivity index (χ2n) is 3.33. The van der Waals surface area contributed by atoms with Crippen LogP contribution in [0.1, 0.15) is 31.7 Å². The molecule has 76 valence electrons. The summed E-state index contributed by atoms with van der Waals surface area (Å²) in [4.78, 5) is 15.5. The van der Waals surface area contributed by atoms with E-state index >= 15 is 0 Å². The van der Waals surface area contributed by atoms with Crippen LogP contribution in [0.2, 0.25) is 0 Å². The van der Waals surface area contributed by atoms with Gasteiger partial charge in [-0.2, -0.15) is 0 Å². The molecule has 0 aliphatic heterocycles. The zero-order chi connectivity index (χ0) is 10.4. The van der Waals surface area contributed by atoms with E-state index in [1.807, 2.05) is 6.07 Å². The molecule has 1 rings (SSSR count). The van der Waals surface area contributed by atoms with E-state index in [1.54, 1.807) is 12.4 Å². The van der Waals surface area contributed by atoms with Gasteiger partial charge in [-0.15, -0.1) is 0 Å². The lowest BCUT2D eigenvalue weighted by atomic mass is 10.1. The molecule has 0 aliphatic carbocycles. The molecule has 3 heteroatoms. The first-order valence-electron chi connectivity index (χ1n) is 4.83. The quantitative estimate of drug-likeness (QED) is 0.810. The van der Waals surface area contributed by atoms with Crippen LogP contribution in [0.5, 0.6) is 0 Å². The van der Waals surface area contributed by atoms with Crippen LogP contribution in [0.25, 0.3) is 0 Å². The maximum Gasteiger partial charge on any atom is 0.137 e. The number of nitrogens with zero attached hydrogens (tertiary/aromatic N) is 1. The second-order valence-corrected chi connectivity index (χ2v) is 4.25. The summed E-state index contributed by atoms with van der Waals surface area (Å²) >= 11 is 3.33. The van der Waals surface area contributed by atoms with Crippen molar-refractivity contribution in [2.45, 2.75) is 32.6 Å². The number of unbranched alkanes of at least 4 members (excludes halogenated alkanes) is 1. The molecule has 1 heterocycles. The van der Waals surface area contributed by atoms with E-state index in [9.17, 15) is 4.79 Å². The van der Waals surface area contributed by atoms with Crippen LogP contribution < -0.4 is 0 Å². The van der Waals surface area contributed by atoms with Crippen molar-refractivity contribution < 1.29 is 4.79 Å². The van der Waals surface area contributed by atoms with E-state index in [1.165, 1.54) is 0 Å². The van der Waals surface area contributed by atoms with Crippen molar-refractivity contribution in [2.24, 2.45) is 0 Å². The Labute approximate surface area is 92.9 Å². The van der Waals surface area contributed by atoms with Crippen LogP contribution in [0.4, 0.5) is 0 Å². The Morgan fingerprint density at radius 1 is 1.50 bits per heavy atom.